The standard InChI is InChI=1S/C22H35NO/c1-5-8-16-24-18(4)21-11-9-10-19-12-13-20(17-22(19)21)23(14-6-2)15-7-3/h9-11,20H,4-8,12-17H2,1-3H3. The van der Waals surface area contributed by atoms with E-state index < -0.39 is 0 Å². The molecule has 1 unspecified atom stereocenters. The number of unbranched alkanes of at least 4 members (excludes halogenated alkanes) is 1. The molecule has 0 spiro atoms. The van der Waals surface area contributed by atoms with E-state index in [0.29, 0.717) is 6.04 Å². The summed E-state index contributed by atoms with van der Waals surface area (Å²) in [6.45, 7) is 14.2. The van der Waals surface area contributed by atoms with Gasteiger partial charge in [0.2, 0.25) is 0 Å². The van der Waals surface area contributed by atoms with Gasteiger partial charge < -0.3 is 9.64 Å². The number of hydrogen-bond acceptors (Lipinski definition) is 2. The summed E-state index contributed by atoms with van der Waals surface area (Å²) in [5.74, 6) is 0.860. The van der Waals surface area contributed by atoms with Crippen LogP contribution in [0.4, 0.5) is 0 Å². The second-order valence-corrected chi connectivity index (χ2v) is 7.00. The van der Waals surface area contributed by atoms with Gasteiger partial charge in [-0.25, -0.2) is 0 Å². The third kappa shape index (κ3) is 4.86. The van der Waals surface area contributed by atoms with E-state index in [2.05, 4.69) is 50.4 Å². The van der Waals surface area contributed by atoms with Crippen LogP contribution in [0.1, 0.15) is 69.6 Å². The van der Waals surface area contributed by atoms with Crippen LogP contribution in [-0.2, 0) is 17.6 Å². The first-order chi connectivity index (χ1) is 11.7. The molecule has 0 aliphatic heterocycles. The maximum Gasteiger partial charge on any atom is 0.119 e. The van der Waals surface area contributed by atoms with E-state index in [0.717, 1.165) is 31.6 Å². The Morgan fingerprint density at radius 2 is 1.92 bits per heavy atom. The zero-order valence-corrected chi connectivity index (χ0v) is 15.9. The van der Waals surface area contributed by atoms with Gasteiger partial charge >= 0.3 is 0 Å². The highest BCUT2D eigenvalue weighted by Gasteiger charge is 2.25. The molecule has 0 fully saturated rings. The summed E-state index contributed by atoms with van der Waals surface area (Å²) in [6, 6.07) is 7.32. The quantitative estimate of drug-likeness (QED) is 0.418. The van der Waals surface area contributed by atoms with Crippen LogP contribution in [-0.4, -0.2) is 30.6 Å². The summed E-state index contributed by atoms with van der Waals surface area (Å²) in [5, 5.41) is 0. The number of aryl methyl sites for hydroxylation is 1. The predicted molar refractivity (Wildman–Crippen MR) is 104 cm³/mol. The second-order valence-electron chi connectivity index (χ2n) is 7.00. The third-order valence-electron chi connectivity index (χ3n) is 5.07. The minimum absolute atomic E-state index is 0.669. The van der Waals surface area contributed by atoms with Crippen molar-refractivity contribution in [1.29, 1.82) is 0 Å². The molecule has 2 nitrogen and oxygen atoms in total. The van der Waals surface area contributed by atoms with E-state index >= 15 is 0 Å². The summed E-state index contributed by atoms with van der Waals surface area (Å²) < 4.78 is 5.92. The molecule has 0 aromatic heterocycles. The normalized spacial score (nSPS) is 16.9. The van der Waals surface area contributed by atoms with Gasteiger partial charge in [0.25, 0.3) is 0 Å². The molecular weight excluding hydrogens is 294 g/mol. The molecule has 2 heteroatoms. The highest BCUT2D eigenvalue weighted by Crippen LogP contribution is 2.31. The van der Waals surface area contributed by atoms with Gasteiger partial charge in [0, 0.05) is 11.6 Å². The molecule has 1 aromatic carbocycles. The monoisotopic (exact) mass is 329 g/mol. The van der Waals surface area contributed by atoms with E-state index in [-0.39, 0.29) is 0 Å². The van der Waals surface area contributed by atoms with Crippen molar-refractivity contribution in [1.82, 2.24) is 4.90 Å². The molecule has 0 bridgehead atoms. The van der Waals surface area contributed by atoms with Crippen molar-refractivity contribution in [3.63, 3.8) is 0 Å². The molecule has 24 heavy (non-hydrogen) atoms. The average molecular weight is 330 g/mol. The Morgan fingerprint density at radius 1 is 1.17 bits per heavy atom. The number of rotatable bonds is 10. The van der Waals surface area contributed by atoms with Crippen LogP contribution < -0.4 is 0 Å². The Bertz CT molecular complexity index is 517. The lowest BCUT2D eigenvalue weighted by Gasteiger charge is -2.36. The first kappa shape index (κ1) is 19.1. The third-order valence-corrected chi connectivity index (χ3v) is 5.07. The van der Waals surface area contributed by atoms with Crippen molar-refractivity contribution in [2.75, 3.05) is 19.7 Å². The first-order valence-electron chi connectivity index (χ1n) is 9.88. The molecule has 0 N–H and O–H groups in total. The Hall–Kier alpha value is -1.28. The molecule has 1 aliphatic rings. The van der Waals surface area contributed by atoms with Crippen molar-refractivity contribution in [2.45, 2.75) is 71.8 Å². The summed E-state index contributed by atoms with van der Waals surface area (Å²) in [5.41, 5.74) is 4.21. The topological polar surface area (TPSA) is 12.5 Å². The van der Waals surface area contributed by atoms with E-state index in [1.54, 1.807) is 0 Å². The molecule has 0 radical (unpaired) electrons. The SMILES string of the molecule is C=C(OCCCC)c1cccc2c1CC(N(CCC)CCC)CC2. The zero-order valence-electron chi connectivity index (χ0n) is 15.9. The van der Waals surface area contributed by atoms with Crippen molar-refractivity contribution >= 4 is 5.76 Å². The van der Waals surface area contributed by atoms with Crippen molar-refractivity contribution < 1.29 is 4.74 Å². The van der Waals surface area contributed by atoms with Crippen molar-refractivity contribution in [3.05, 3.63) is 41.5 Å². The molecule has 1 aliphatic carbocycles. The lowest BCUT2D eigenvalue weighted by atomic mass is 9.84. The van der Waals surface area contributed by atoms with Gasteiger partial charge in [-0.3, -0.25) is 0 Å². The molecule has 134 valence electrons. The Labute approximate surface area is 148 Å². The van der Waals surface area contributed by atoms with Gasteiger partial charge in [-0.1, -0.05) is 52.0 Å². The minimum atomic E-state index is 0.669. The zero-order chi connectivity index (χ0) is 17.4. The highest BCUT2D eigenvalue weighted by atomic mass is 16.5. The lowest BCUT2D eigenvalue weighted by molar-refractivity contribution is 0.179. The fourth-order valence-corrected chi connectivity index (χ4v) is 3.81. The Balaban J connectivity index is 2.14. The number of hydrogen-bond donors (Lipinski definition) is 0. The molecule has 0 heterocycles. The van der Waals surface area contributed by atoms with Gasteiger partial charge in [0.15, 0.2) is 0 Å². The molecular formula is C22H35NO. The molecule has 1 atom stereocenters. The summed E-state index contributed by atoms with van der Waals surface area (Å²) in [6.07, 6.45) is 8.32. The van der Waals surface area contributed by atoms with Crippen LogP contribution in [0.5, 0.6) is 0 Å². The van der Waals surface area contributed by atoms with Crippen LogP contribution in [0.25, 0.3) is 5.76 Å². The van der Waals surface area contributed by atoms with Gasteiger partial charge in [-0.05, 0) is 62.7 Å². The largest absolute Gasteiger partial charge is 0.494 e. The van der Waals surface area contributed by atoms with Crippen LogP contribution in [0.2, 0.25) is 0 Å². The van der Waals surface area contributed by atoms with E-state index in [4.69, 9.17) is 4.74 Å². The van der Waals surface area contributed by atoms with Crippen molar-refractivity contribution in [2.24, 2.45) is 0 Å². The fourth-order valence-electron chi connectivity index (χ4n) is 3.81. The lowest BCUT2D eigenvalue weighted by Crippen LogP contribution is -2.40. The van der Waals surface area contributed by atoms with Crippen LogP contribution in [0.3, 0.4) is 0 Å². The van der Waals surface area contributed by atoms with Gasteiger partial charge in [0.1, 0.15) is 5.76 Å². The van der Waals surface area contributed by atoms with Gasteiger partial charge in [-0.2, -0.15) is 0 Å². The average Bonchev–Trinajstić information content (AvgIpc) is 2.60. The summed E-state index contributed by atoms with van der Waals surface area (Å²) in [4.78, 5) is 2.69. The number of nitrogens with zero attached hydrogens (tertiary/aromatic N) is 1. The number of benzene rings is 1. The number of ether oxygens (including phenoxy) is 1. The Morgan fingerprint density at radius 3 is 2.58 bits per heavy atom. The maximum atomic E-state index is 5.92. The van der Waals surface area contributed by atoms with Crippen LogP contribution >= 0.6 is 0 Å². The smallest absolute Gasteiger partial charge is 0.119 e. The minimum Gasteiger partial charge on any atom is -0.494 e. The second kappa shape index (κ2) is 9.88. The van der Waals surface area contributed by atoms with Crippen molar-refractivity contribution in [3.8, 4) is 0 Å². The maximum absolute atomic E-state index is 5.92. The van der Waals surface area contributed by atoms with E-state index in [1.165, 1.54) is 55.5 Å². The summed E-state index contributed by atoms with van der Waals surface area (Å²) in [7, 11) is 0. The predicted octanol–water partition coefficient (Wildman–Crippen LogP) is 5.45. The Kier molecular flexibility index (Phi) is 7.84. The van der Waals surface area contributed by atoms with Crippen LogP contribution in [0, 0.1) is 0 Å². The molecule has 0 saturated heterocycles. The highest BCUT2D eigenvalue weighted by molar-refractivity contribution is 5.63. The molecule has 0 amide bonds. The fraction of sp³-hybridized carbons (Fsp3) is 0.636. The van der Waals surface area contributed by atoms with Gasteiger partial charge in [-0.15, -0.1) is 0 Å². The van der Waals surface area contributed by atoms with E-state index in [1.807, 2.05) is 0 Å². The summed E-state index contributed by atoms with van der Waals surface area (Å²) >= 11 is 0. The molecule has 0 saturated carbocycles. The van der Waals surface area contributed by atoms with E-state index in [9.17, 15) is 0 Å². The molecule has 2 rings (SSSR count). The number of fused-ring (bicyclic) bond motifs is 1. The van der Waals surface area contributed by atoms with Gasteiger partial charge in [0.05, 0.1) is 6.61 Å². The molecule has 1 aromatic rings. The van der Waals surface area contributed by atoms with Crippen LogP contribution in [0.15, 0.2) is 24.8 Å². The first-order valence-corrected chi connectivity index (χ1v) is 9.88.